The number of carbonyl (C=O) groups excluding carboxylic acids is 2. The molecule has 12 nitrogen and oxygen atoms in total. The first-order chi connectivity index (χ1) is 24.3. The average molecular weight is 815 g/mol. The topological polar surface area (TPSA) is 164 Å². The standard InChI is InChI=1S/C26H22Cl2N4O5S.C9H9BrN2O/c1-15-13-31(24-8-16(6-7-29-24)26(35)30-19-2-3-19)23-5-4-20(12-22(15)23)32(14-25(33)34)38(36,37)21-10-17(27)9-18(28)11-21;10-8-5-6(3-4-11-8)9(13)12-7-1-2-7/h4-13,19H,2-3,14H2,1H3,(H,30,35)(H,33,34);3-5,7H,1-2H2,(H,12,13). The van der Waals surface area contributed by atoms with E-state index in [1.807, 2.05) is 13.1 Å². The average Bonchev–Trinajstić information content (AvgIpc) is 4.03. The molecule has 0 aliphatic heterocycles. The number of hydrogen-bond acceptors (Lipinski definition) is 7. The van der Waals surface area contributed by atoms with Crippen LogP contribution in [0.25, 0.3) is 16.7 Å². The number of pyridine rings is 2. The van der Waals surface area contributed by atoms with Gasteiger partial charge in [-0.05, 0) is 115 Å². The Labute approximate surface area is 312 Å². The number of aromatic nitrogens is 3. The number of nitrogens with zero attached hydrogens (tertiary/aromatic N) is 4. The highest BCUT2D eigenvalue weighted by Crippen LogP contribution is 2.33. The maximum Gasteiger partial charge on any atom is 0.324 e. The Morgan fingerprint density at radius 2 is 1.47 bits per heavy atom. The van der Waals surface area contributed by atoms with Gasteiger partial charge in [0.25, 0.3) is 21.8 Å². The van der Waals surface area contributed by atoms with Crippen molar-refractivity contribution < 1.29 is 27.9 Å². The van der Waals surface area contributed by atoms with Crippen molar-refractivity contribution in [1.82, 2.24) is 25.2 Å². The van der Waals surface area contributed by atoms with E-state index in [0.717, 1.165) is 35.6 Å². The van der Waals surface area contributed by atoms with Crippen LogP contribution in [-0.4, -0.2) is 64.5 Å². The summed E-state index contributed by atoms with van der Waals surface area (Å²) in [6, 6.07) is 16.0. The van der Waals surface area contributed by atoms with E-state index >= 15 is 0 Å². The molecular formula is C35H31BrCl2N6O6S. The molecule has 3 heterocycles. The van der Waals surface area contributed by atoms with Gasteiger partial charge in [-0.2, -0.15) is 0 Å². The number of halogens is 3. The number of amides is 2. The molecule has 0 atom stereocenters. The van der Waals surface area contributed by atoms with Gasteiger partial charge in [-0.1, -0.05) is 23.2 Å². The molecule has 7 rings (SSSR count). The Bertz CT molecular complexity index is 2260. The molecule has 2 aromatic carbocycles. The molecular weight excluding hydrogens is 783 g/mol. The second kappa shape index (κ2) is 15.0. The minimum atomic E-state index is -4.32. The van der Waals surface area contributed by atoms with Crippen LogP contribution in [0, 0.1) is 6.92 Å². The Kier molecular flexibility index (Phi) is 10.7. The van der Waals surface area contributed by atoms with E-state index in [2.05, 4.69) is 36.5 Å². The normalized spacial score (nSPS) is 14.0. The van der Waals surface area contributed by atoms with E-state index in [1.165, 1.54) is 24.3 Å². The predicted molar refractivity (Wildman–Crippen MR) is 197 cm³/mol. The molecule has 5 aromatic rings. The Morgan fingerprint density at radius 3 is 2.04 bits per heavy atom. The molecule has 2 fully saturated rings. The van der Waals surface area contributed by atoms with E-state index in [-0.39, 0.29) is 38.5 Å². The third-order valence-corrected chi connectivity index (χ3v) is 10.7. The monoisotopic (exact) mass is 812 g/mol. The molecule has 51 heavy (non-hydrogen) atoms. The summed E-state index contributed by atoms with van der Waals surface area (Å²) in [5, 5.41) is 16.3. The molecule has 16 heteroatoms. The Morgan fingerprint density at radius 1 is 0.882 bits per heavy atom. The lowest BCUT2D eigenvalue weighted by Gasteiger charge is -2.23. The quantitative estimate of drug-likeness (QED) is 0.134. The summed E-state index contributed by atoms with van der Waals surface area (Å²) in [4.78, 5) is 43.8. The first-order valence-electron chi connectivity index (χ1n) is 15.8. The molecule has 2 amide bonds. The summed E-state index contributed by atoms with van der Waals surface area (Å²) >= 11 is 15.2. The van der Waals surface area contributed by atoms with Gasteiger partial charge in [0.2, 0.25) is 0 Å². The van der Waals surface area contributed by atoms with Gasteiger partial charge in [0.15, 0.2) is 0 Å². The largest absolute Gasteiger partial charge is 0.480 e. The van der Waals surface area contributed by atoms with Gasteiger partial charge in [-0.3, -0.25) is 18.7 Å². The van der Waals surface area contributed by atoms with Gasteiger partial charge in [-0.15, -0.1) is 0 Å². The maximum absolute atomic E-state index is 13.5. The van der Waals surface area contributed by atoms with E-state index < -0.39 is 22.5 Å². The highest BCUT2D eigenvalue weighted by molar-refractivity contribution is 9.10. The highest BCUT2D eigenvalue weighted by Gasteiger charge is 2.29. The number of carbonyl (C=O) groups is 3. The molecule has 2 aliphatic rings. The molecule has 0 unspecified atom stereocenters. The van der Waals surface area contributed by atoms with Crippen molar-refractivity contribution in [1.29, 1.82) is 0 Å². The predicted octanol–water partition coefficient (Wildman–Crippen LogP) is 6.55. The van der Waals surface area contributed by atoms with Crippen LogP contribution in [0.3, 0.4) is 0 Å². The van der Waals surface area contributed by atoms with Crippen molar-refractivity contribution in [3.05, 3.63) is 111 Å². The van der Waals surface area contributed by atoms with E-state index in [1.54, 1.807) is 53.4 Å². The third-order valence-electron chi connectivity index (χ3n) is 8.05. The van der Waals surface area contributed by atoms with Crippen molar-refractivity contribution in [2.75, 3.05) is 10.8 Å². The number of anilines is 1. The molecule has 0 spiro atoms. The fraction of sp³-hybridized carbons (Fsp3) is 0.229. The van der Waals surface area contributed by atoms with E-state index in [0.29, 0.717) is 38.5 Å². The Balaban J connectivity index is 0.000000288. The number of carboxylic acids is 1. The Hall–Kier alpha value is -4.50. The van der Waals surface area contributed by atoms with Crippen molar-refractivity contribution in [3.8, 4) is 5.82 Å². The van der Waals surface area contributed by atoms with Gasteiger partial charge < -0.3 is 20.3 Å². The molecule has 0 saturated heterocycles. The number of rotatable bonds is 10. The number of hydrogen-bond donors (Lipinski definition) is 3. The fourth-order valence-electron chi connectivity index (χ4n) is 5.20. The number of nitrogens with one attached hydrogen (secondary N) is 2. The van der Waals surface area contributed by atoms with Gasteiger partial charge in [-0.25, -0.2) is 18.4 Å². The van der Waals surface area contributed by atoms with Crippen LogP contribution < -0.4 is 14.9 Å². The summed E-state index contributed by atoms with van der Waals surface area (Å²) < 4.78 is 30.3. The van der Waals surface area contributed by atoms with Crippen LogP contribution in [-0.2, 0) is 14.8 Å². The second-order valence-corrected chi connectivity index (χ2v) is 15.7. The van der Waals surface area contributed by atoms with Crippen LogP contribution >= 0.6 is 39.1 Å². The number of sulfonamides is 1. The molecule has 264 valence electrons. The van der Waals surface area contributed by atoms with Crippen LogP contribution in [0.15, 0.2) is 88.8 Å². The number of aryl methyl sites for hydroxylation is 1. The van der Waals surface area contributed by atoms with Crippen LogP contribution in [0.2, 0.25) is 10.0 Å². The van der Waals surface area contributed by atoms with Crippen molar-refractivity contribution in [2.24, 2.45) is 0 Å². The van der Waals surface area contributed by atoms with Gasteiger partial charge in [0.05, 0.1) is 16.1 Å². The number of fused-ring (bicyclic) bond motifs is 1. The zero-order chi connectivity index (χ0) is 36.4. The van der Waals surface area contributed by atoms with E-state index in [4.69, 9.17) is 23.2 Å². The molecule has 2 aliphatic carbocycles. The van der Waals surface area contributed by atoms with Crippen molar-refractivity contribution in [3.63, 3.8) is 0 Å². The smallest absolute Gasteiger partial charge is 0.324 e. The lowest BCUT2D eigenvalue weighted by molar-refractivity contribution is -0.135. The summed E-state index contributed by atoms with van der Waals surface area (Å²) in [6.45, 7) is 1.04. The second-order valence-electron chi connectivity index (χ2n) is 12.2. The highest BCUT2D eigenvalue weighted by atomic mass is 79.9. The maximum atomic E-state index is 13.5. The summed E-state index contributed by atoms with van der Waals surface area (Å²) in [7, 11) is -4.32. The fourth-order valence-corrected chi connectivity index (χ4v) is 7.70. The minimum absolute atomic E-state index is 0.00870. The van der Waals surface area contributed by atoms with Gasteiger partial charge in [0.1, 0.15) is 17.0 Å². The summed E-state index contributed by atoms with van der Waals surface area (Å²) in [5.41, 5.74) is 2.81. The number of carboxylic acid groups (broad SMARTS) is 1. The number of benzene rings is 2. The van der Waals surface area contributed by atoms with Gasteiger partial charge in [0, 0.05) is 57.2 Å². The summed E-state index contributed by atoms with van der Waals surface area (Å²) in [5.74, 6) is -0.989. The summed E-state index contributed by atoms with van der Waals surface area (Å²) in [6.07, 6.45) is 9.18. The minimum Gasteiger partial charge on any atom is -0.480 e. The zero-order valence-electron chi connectivity index (χ0n) is 27.0. The molecule has 0 radical (unpaired) electrons. The molecule has 3 aromatic heterocycles. The zero-order valence-corrected chi connectivity index (χ0v) is 30.9. The van der Waals surface area contributed by atoms with Gasteiger partial charge >= 0.3 is 5.97 Å². The van der Waals surface area contributed by atoms with Crippen LogP contribution in [0.4, 0.5) is 5.69 Å². The van der Waals surface area contributed by atoms with E-state index in [9.17, 15) is 27.9 Å². The lowest BCUT2D eigenvalue weighted by Crippen LogP contribution is -2.35. The van der Waals surface area contributed by atoms with Crippen molar-refractivity contribution >= 4 is 83.5 Å². The number of aliphatic carboxylic acids is 1. The molecule has 2 saturated carbocycles. The van der Waals surface area contributed by atoms with Crippen LogP contribution in [0.1, 0.15) is 52.0 Å². The first-order valence-corrected chi connectivity index (χ1v) is 18.8. The first kappa shape index (κ1) is 36.3. The van der Waals surface area contributed by atoms with Crippen molar-refractivity contribution in [2.45, 2.75) is 49.6 Å². The lowest BCUT2D eigenvalue weighted by atomic mass is 10.1. The molecule has 3 N–H and O–H groups in total. The SMILES string of the molecule is Cc1cn(-c2cc(C(=O)NC3CC3)ccn2)c2ccc(N(CC(=O)O)S(=O)(=O)c3cc(Cl)cc(Cl)c3)cc12.O=C(NC1CC1)c1ccnc(Br)c1. The van der Waals surface area contributed by atoms with Crippen LogP contribution in [0.5, 0.6) is 0 Å². The third kappa shape index (κ3) is 8.87. The molecule has 0 bridgehead atoms.